The number of nitrogens with zero attached hydrogens (tertiary/aromatic N) is 6. The van der Waals surface area contributed by atoms with Crippen molar-refractivity contribution in [2.24, 2.45) is 0 Å². The maximum atomic E-state index is 2.75. The first-order valence-corrected chi connectivity index (χ1v) is 11.6. The Balaban J connectivity index is 1.34. The Morgan fingerprint density at radius 3 is 2.44 bits per heavy atom. The molecule has 0 saturated carbocycles. The summed E-state index contributed by atoms with van der Waals surface area (Å²) in [6.45, 7) is 11.2. The predicted octanol–water partition coefficient (Wildman–Crippen LogP) is 1.76. The van der Waals surface area contributed by atoms with Crippen molar-refractivity contribution in [3.63, 3.8) is 0 Å². The van der Waals surface area contributed by atoms with Gasteiger partial charge in [-0.3, -0.25) is 19.6 Å². The van der Waals surface area contributed by atoms with E-state index in [0.717, 1.165) is 12.7 Å². The van der Waals surface area contributed by atoms with Crippen molar-refractivity contribution in [2.45, 2.75) is 63.6 Å². The Kier molecular flexibility index (Phi) is 7.06. The first-order chi connectivity index (χ1) is 13.2. The number of hydrogen-bond acceptors (Lipinski definition) is 6. The molecular weight excluding hydrogens is 336 g/mol. The molecule has 0 spiro atoms. The molecule has 0 aliphatic carbocycles. The highest BCUT2D eigenvalue weighted by Crippen LogP contribution is 2.25. The number of rotatable bonds is 4. The van der Waals surface area contributed by atoms with Crippen molar-refractivity contribution in [1.29, 1.82) is 0 Å². The van der Waals surface area contributed by atoms with Gasteiger partial charge in [0.1, 0.15) is 0 Å². The van der Waals surface area contributed by atoms with Gasteiger partial charge >= 0.3 is 0 Å². The SMILES string of the molecule is CN1CCCN(C2CCCN(CN3CCCCN3C3CCCCN3C)C2)C1. The average molecular weight is 379 g/mol. The van der Waals surface area contributed by atoms with Gasteiger partial charge in [-0.05, 0) is 78.6 Å². The first-order valence-electron chi connectivity index (χ1n) is 11.6. The van der Waals surface area contributed by atoms with Gasteiger partial charge in [0.25, 0.3) is 0 Å². The summed E-state index contributed by atoms with van der Waals surface area (Å²) in [6, 6.07) is 0.761. The van der Waals surface area contributed by atoms with Crippen molar-refractivity contribution in [2.75, 3.05) is 73.2 Å². The van der Waals surface area contributed by atoms with E-state index in [-0.39, 0.29) is 0 Å². The van der Waals surface area contributed by atoms with E-state index in [9.17, 15) is 0 Å². The van der Waals surface area contributed by atoms with Gasteiger partial charge < -0.3 is 0 Å². The Hall–Kier alpha value is -0.240. The molecule has 156 valence electrons. The fourth-order valence-electron chi connectivity index (χ4n) is 5.74. The van der Waals surface area contributed by atoms with E-state index in [0.29, 0.717) is 6.17 Å². The molecule has 0 amide bonds. The molecule has 0 radical (unpaired) electrons. The molecule has 2 unspecified atom stereocenters. The van der Waals surface area contributed by atoms with Crippen molar-refractivity contribution >= 4 is 0 Å². The molecule has 6 heteroatoms. The van der Waals surface area contributed by atoms with Crippen molar-refractivity contribution < 1.29 is 0 Å². The second-order valence-electron chi connectivity index (χ2n) is 9.46. The molecule has 4 aliphatic rings. The van der Waals surface area contributed by atoms with E-state index in [1.54, 1.807) is 0 Å². The third-order valence-electron chi connectivity index (χ3n) is 7.26. The van der Waals surface area contributed by atoms with Crippen LogP contribution in [0.3, 0.4) is 0 Å². The lowest BCUT2D eigenvalue weighted by molar-refractivity contribution is -0.158. The third-order valence-corrected chi connectivity index (χ3v) is 7.26. The van der Waals surface area contributed by atoms with Crippen LogP contribution in [0.5, 0.6) is 0 Å². The zero-order chi connectivity index (χ0) is 18.6. The molecule has 0 N–H and O–H groups in total. The lowest BCUT2D eigenvalue weighted by atomic mass is 10.0. The molecule has 4 fully saturated rings. The number of hydrazine groups is 1. The molecule has 4 saturated heterocycles. The second-order valence-corrected chi connectivity index (χ2v) is 9.46. The minimum atomic E-state index is 0.635. The van der Waals surface area contributed by atoms with Crippen LogP contribution in [-0.2, 0) is 0 Å². The number of piperidine rings is 2. The van der Waals surface area contributed by atoms with Crippen LogP contribution in [0.1, 0.15) is 51.4 Å². The summed E-state index contributed by atoms with van der Waals surface area (Å²) < 4.78 is 0. The fourth-order valence-corrected chi connectivity index (χ4v) is 5.74. The van der Waals surface area contributed by atoms with E-state index < -0.39 is 0 Å². The minimum absolute atomic E-state index is 0.635. The number of hydrogen-bond donors (Lipinski definition) is 0. The monoisotopic (exact) mass is 378 g/mol. The average Bonchev–Trinajstić information content (AvgIpc) is 2.69. The molecule has 0 aromatic heterocycles. The highest BCUT2D eigenvalue weighted by molar-refractivity contribution is 4.84. The van der Waals surface area contributed by atoms with Crippen molar-refractivity contribution in [1.82, 2.24) is 29.6 Å². The quantitative estimate of drug-likeness (QED) is 0.737. The summed E-state index contributed by atoms with van der Waals surface area (Å²) >= 11 is 0. The Morgan fingerprint density at radius 2 is 1.59 bits per heavy atom. The zero-order valence-electron chi connectivity index (χ0n) is 17.9. The summed E-state index contributed by atoms with van der Waals surface area (Å²) in [7, 11) is 4.61. The molecular formula is C21H42N6. The largest absolute Gasteiger partial charge is 0.293 e. The molecule has 0 aromatic carbocycles. The minimum Gasteiger partial charge on any atom is -0.293 e. The summed E-state index contributed by atoms with van der Waals surface area (Å²) in [6.07, 6.45) is 11.6. The molecule has 0 aromatic rings. The Bertz CT molecular complexity index is 460. The maximum Gasteiger partial charge on any atom is 0.0758 e. The maximum absolute atomic E-state index is 2.75. The van der Waals surface area contributed by atoms with Crippen LogP contribution in [0.2, 0.25) is 0 Å². The highest BCUT2D eigenvalue weighted by atomic mass is 15.7. The molecule has 6 nitrogen and oxygen atoms in total. The Labute approximate surface area is 167 Å². The summed E-state index contributed by atoms with van der Waals surface area (Å²) in [5.74, 6) is 0. The topological polar surface area (TPSA) is 19.4 Å². The van der Waals surface area contributed by atoms with Crippen LogP contribution in [0.25, 0.3) is 0 Å². The smallest absolute Gasteiger partial charge is 0.0758 e. The van der Waals surface area contributed by atoms with Gasteiger partial charge in [-0.2, -0.15) is 0 Å². The molecule has 4 rings (SSSR count). The van der Waals surface area contributed by atoms with Crippen LogP contribution >= 0.6 is 0 Å². The molecule has 27 heavy (non-hydrogen) atoms. The van der Waals surface area contributed by atoms with Gasteiger partial charge in [0.05, 0.1) is 19.5 Å². The lowest BCUT2D eigenvalue weighted by Gasteiger charge is -2.50. The molecule has 4 aliphatic heterocycles. The van der Waals surface area contributed by atoms with E-state index >= 15 is 0 Å². The first kappa shape index (κ1) is 20.0. The standard InChI is InChI=1S/C21H42N6/c1-22-11-8-14-25(18-22)20-9-7-13-24(17-20)19-26-15-5-6-16-27(26)21-10-3-4-12-23(21)2/h20-21H,3-19H2,1-2H3. The highest BCUT2D eigenvalue weighted by Gasteiger charge is 2.34. The van der Waals surface area contributed by atoms with E-state index in [1.165, 1.54) is 104 Å². The van der Waals surface area contributed by atoms with Crippen LogP contribution in [0.15, 0.2) is 0 Å². The van der Waals surface area contributed by atoms with Crippen molar-refractivity contribution in [3.05, 3.63) is 0 Å². The van der Waals surface area contributed by atoms with Gasteiger partial charge in [0.2, 0.25) is 0 Å². The normalized spacial score (nSPS) is 34.9. The number of likely N-dealkylation sites (tertiary alicyclic amines) is 2. The van der Waals surface area contributed by atoms with Crippen LogP contribution in [0.4, 0.5) is 0 Å². The zero-order valence-corrected chi connectivity index (χ0v) is 17.9. The van der Waals surface area contributed by atoms with Gasteiger partial charge in [-0.25, -0.2) is 10.0 Å². The lowest BCUT2D eigenvalue weighted by Crippen LogP contribution is -2.62. The summed E-state index contributed by atoms with van der Waals surface area (Å²) in [5.41, 5.74) is 0. The predicted molar refractivity (Wildman–Crippen MR) is 111 cm³/mol. The van der Waals surface area contributed by atoms with Gasteiger partial charge in [0, 0.05) is 38.8 Å². The third kappa shape index (κ3) is 5.03. The summed E-state index contributed by atoms with van der Waals surface area (Å²) in [5, 5.41) is 5.45. The molecule has 0 bridgehead atoms. The van der Waals surface area contributed by atoms with Gasteiger partial charge in [-0.1, -0.05) is 0 Å². The van der Waals surface area contributed by atoms with Gasteiger partial charge in [0.15, 0.2) is 0 Å². The van der Waals surface area contributed by atoms with Crippen LogP contribution in [0, 0.1) is 0 Å². The summed E-state index contributed by atoms with van der Waals surface area (Å²) in [4.78, 5) is 10.6. The van der Waals surface area contributed by atoms with Crippen LogP contribution < -0.4 is 0 Å². The van der Waals surface area contributed by atoms with E-state index in [4.69, 9.17) is 0 Å². The van der Waals surface area contributed by atoms with Gasteiger partial charge in [-0.15, -0.1) is 0 Å². The van der Waals surface area contributed by atoms with Crippen LogP contribution in [-0.4, -0.2) is 115 Å². The van der Waals surface area contributed by atoms with E-state index in [1.807, 2.05) is 0 Å². The molecule has 4 heterocycles. The fraction of sp³-hybridized carbons (Fsp3) is 1.00. The molecule has 2 atom stereocenters. The Morgan fingerprint density at radius 1 is 0.741 bits per heavy atom. The van der Waals surface area contributed by atoms with Crippen molar-refractivity contribution in [3.8, 4) is 0 Å². The van der Waals surface area contributed by atoms with E-state index in [2.05, 4.69) is 43.7 Å². The second kappa shape index (κ2) is 9.51.